The van der Waals surface area contributed by atoms with Gasteiger partial charge in [0, 0.05) is 33.3 Å². The van der Waals surface area contributed by atoms with Gasteiger partial charge in [-0.15, -0.1) is 0 Å². The van der Waals surface area contributed by atoms with Gasteiger partial charge in [-0.2, -0.15) is 5.26 Å². The molecule has 0 saturated heterocycles. The molecule has 0 radical (unpaired) electrons. The highest BCUT2D eigenvalue weighted by Gasteiger charge is 2.17. The number of aryl methyl sites for hydroxylation is 1. The average molecular weight is 313 g/mol. The van der Waals surface area contributed by atoms with Crippen LogP contribution in [0.5, 0.6) is 0 Å². The number of nitrogens with zero attached hydrogens (tertiary/aromatic N) is 4. The number of hydrogen-bond donors (Lipinski definition) is 1. The fourth-order valence-corrected chi connectivity index (χ4v) is 2.41. The van der Waals surface area contributed by atoms with E-state index in [1.807, 2.05) is 34.3 Å². The largest absolute Gasteiger partial charge is 0.424 e. The van der Waals surface area contributed by atoms with Gasteiger partial charge in [0.2, 0.25) is 11.6 Å². The van der Waals surface area contributed by atoms with Gasteiger partial charge in [0.25, 0.3) is 0 Å². The first-order valence-electron chi connectivity index (χ1n) is 7.47. The third-order valence-corrected chi connectivity index (χ3v) is 3.71. The molecule has 1 N–H and O–H groups in total. The van der Waals surface area contributed by atoms with E-state index in [1.54, 1.807) is 6.92 Å². The lowest BCUT2D eigenvalue weighted by Crippen LogP contribution is -2.27. The van der Waals surface area contributed by atoms with Crippen molar-refractivity contribution in [3.8, 4) is 6.07 Å². The summed E-state index contributed by atoms with van der Waals surface area (Å²) in [6.45, 7) is 2.35. The minimum absolute atomic E-state index is 0.156. The molecule has 0 amide bonds. The molecule has 6 heteroatoms. The predicted molar refractivity (Wildman–Crippen MR) is 91.6 cm³/mol. The van der Waals surface area contributed by atoms with E-state index in [-0.39, 0.29) is 6.04 Å². The molecule has 6 nitrogen and oxygen atoms in total. The Bertz CT molecular complexity index is 682. The van der Waals surface area contributed by atoms with Crippen LogP contribution in [0.1, 0.15) is 23.2 Å². The maximum Gasteiger partial charge on any atom is 0.232 e. The molecule has 122 valence electrons. The van der Waals surface area contributed by atoms with Gasteiger partial charge in [-0.25, -0.2) is 4.98 Å². The minimum Gasteiger partial charge on any atom is -0.424 e. The van der Waals surface area contributed by atoms with E-state index in [2.05, 4.69) is 44.4 Å². The number of nitriles is 1. The summed E-state index contributed by atoms with van der Waals surface area (Å²) >= 11 is 0. The molecule has 1 heterocycles. The highest BCUT2D eigenvalue weighted by molar-refractivity contribution is 5.48. The van der Waals surface area contributed by atoms with E-state index in [4.69, 9.17) is 9.68 Å². The van der Waals surface area contributed by atoms with E-state index >= 15 is 0 Å². The number of benzene rings is 1. The molecule has 1 aromatic carbocycles. The molecule has 1 atom stereocenters. The molecule has 0 fully saturated rings. The molecule has 0 bridgehead atoms. The van der Waals surface area contributed by atoms with Crippen molar-refractivity contribution in [3.63, 3.8) is 0 Å². The van der Waals surface area contributed by atoms with Crippen molar-refractivity contribution < 1.29 is 4.42 Å². The first-order chi connectivity index (χ1) is 10.9. The van der Waals surface area contributed by atoms with Crippen molar-refractivity contribution in [2.24, 2.45) is 0 Å². The molecule has 0 aliphatic heterocycles. The molecule has 0 aliphatic rings. The quantitative estimate of drug-likeness (QED) is 0.884. The third-order valence-electron chi connectivity index (χ3n) is 3.71. The standard InChI is InChI=1S/C17H23N5O/c1-12-20-15(10-18)17(23-12)19-11-16(22(4)5)13-6-8-14(9-7-13)21(2)3/h6-9,16,19H,11H2,1-5H3. The molecular weight excluding hydrogens is 290 g/mol. The van der Waals surface area contributed by atoms with Crippen LogP contribution in [-0.2, 0) is 0 Å². The highest BCUT2D eigenvalue weighted by atomic mass is 16.4. The minimum atomic E-state index is 0.156. The van der Waals surface area contributed by atoms with Crippen molar-refractivity contribution in [3.05, 3.63) is 41.4 Å². The van der Waals surface area contributed by atoms with Crippen LogP contribution in [0.4, 0.5) is 11.6 Å². The van der Waals surface area contributed by atoms with E-state index < -0.39 is 0 Å². The maximum atomic E-state index is 9.08. The molecule has 0 aliphatic carbocycles. The number of rotatable bonds is 6. The van der Waals surface area contributed by atoms with Gasteiger partial charge < -0.3 is 19.5 Å². The number of aromatic nitrogens is 1. The van der Waals surface area contributed by atoms with Crippen LogP contribution in [-0.4, -0.2) is 44.6 Å². The lowest BCUT2D eigenvalue weighted by atomic mass is 10.1. The van der Waals surface area contributed by atoms with Crippen LogP contribution in [0, 0.1) is 18.3 Å². The van der Waals surface area contributed by atoms with Crippen molar-refractivity contribution in [1.29, 1.82) is 5.26 Å². The summed E-state index contributed by atoms with van der Waals surface area (Å²) in [6, 6.07) is 10.6. The summed E-state index contributed by atoms with van der Waals surface area (Å²) in [6.07, 6.45) is 0. The highest BCUT2D eigenvalue weighted by Crippen LogP contribution is 2.23. The van der Waals surface area contributed by atoms with E-state index in [0.29, 0.717) is 24.0 Å². The summed E-state index contributed by atoms with van der Waals surface area (Å²) in [7, 11) is 8.11. The topological polar surface area (TPSA) is 68.3 Å². The zero-order valence-corrected chi connectivity index (χ0v) is 14.3. The zero-order valence-electron chi connectivity index (χ0n) is 14.3. The van der Waals surface area contributed by atoms with E-state index in [9.17, 15) is 0 Å². The second-order valence-corrected chi connectivity index (χ2v) is 5.87. The smallest absolute Gasteiger partial charge is 0.232 e. The summed E-state index contributed by atoms with van der Waals surface area (Å²) in [4.78, 5) is 8.25. The number of oxazole rings is 1. The summed E-state index contributed by atoms with van der Waals surface area (Å²) in [5.74, 6) is 0.919. The Kier molecular flexibility index (Phi) is 5.24. The van der Waals surface area contributed by atoms with Crippen molar-refractivity contribution in [2.75, 3.05) is 45.0 Å². The monoisotopic (exact) mass is 313 g/mol. The fraction of sp³-hybridized carbons (Fsp3) is 0.412. The number of likely N-dealkylation sites (N-methyl/N-ethyl adjacent to an activating group) is 1. The molecule has 0 saturated carbocycles. The third kappa shape index (κ3) is 4.02. The van der Waals surface area contributed by atoms with Crippen LogP contribution in [0.2, 0.25) is 0 Å². The second kappa shape index (κ2) is 7.16. The number of hydrogen-bond acceptors (Lipinski definition) is 6. The van der Waals surface area contributed by atoms with Crippen LogP contribution in [0.25, 0.3) is 0 Å². The first kappa shape index (κ1) is 16.8. The van der Waals surface area contributed by atoms with Crippen LogP contribution in [0.15, 0.2) is 28.7 Å². The van der Waals surface area contributed by atoms with Gasteiger partial charge in [-0.05, 0) is 31.8 Å². The van der Waals surface area contributed by atoms with E-state index in [0.717, 1.165) is 5.69 Å². The molecule has 1 unspecified atom stereocenters. The zero-order chi connectivity index (χ0) is 17.0. The predicted octanol–water partition coefficient (Wildman–Crippen LogP) is 2.64. The van der Waals surface area contributed by atoms with Gasteiger partial charge in [0.05, 0.1) is 6.04 Å². The molecule has 0 spiro atoms. The van der Waals surface area contributed by atoms with E-state index in [1.165, 1.54) is 5.56 Å². The normalized spacial score (nSPS) is 12.0. The summed E-state index contributed by atoms with van der Waals surface area (Å²) < 4.78 is 5.45. The second-order valence-electron chi connectivity index (χ2n) is 5.87. The van der Waals surface area contributed by atoms with Gasteiger partial charge >= 0.3 is 0 Å². The Morgan fingerprint density at radius 3 is 2.39 bits per heavy atom. The van der Waals surface area contributed by atoms with Crippen molar-refractivity contribution >= 4 is 11.6 Å². The molecule has 23 heavy (non-hydrogen) atoms. The number of nitrogens with one attached hydrogen (secondary N) is 1. The van der Waals surface area contributed by atoms with Gasteiger partial charge in [0.1, 0.15) is 6.07 Å². The molecular formula is C17H23N5O. The van der Waals surface area contributed by atoms with Crippen molar-refractivity contribution in [2.45, 2.75) is 13.0 Å². The van der Waals surface area contributed by atoms with Crippen molar-refractivity contribution in [1.82, 2.24) is 9.88 Å². The lowest BCUT2D eigenvalue weighted by molar-refractivity contribution is 0.310. The summed E-state index contributed by atoms with van der Waals surface area (Å²) in [5, 5.41) is 12.3. The van der Waals surface area contributed by atoms with Gasteiger partial charge in [-0.1, -0.05) is 12.1 Å². The van der Waals surface area contributed by atoms with Gasteiger partial charge in [-0.3, -0.25) is 0 Å². The Hall–Kier alpha value is -2.52. The van der Waals surface area contributed by atoms with Crippen LogP contribution >= 0.6 is 0 Å². The number of anilines is 2. The Morgan fingerprint density at radius 2 is 1.87 bits per heavy atom. The average Bonchev–Trinajstić information content (AvgIpc) is 2.87. The Morgan fingerprint density at radius 1 is 1.22 bits per heavy atom. The first-order valence-corrected chi connectivity index (χ1v) is 7.47. The molecule has 2 rings (SSSR count). The molecule has 1 aromatic heterocycles. The fourth-order valence-electron chi connectivity index (χ4n) is 2.41. The van der Waals surface area contributed by atoms with Gasteiger partial charge in [0.15, 0.2) is 5.89 Å². The molecule has 2 aromatic rings. The van der Waals surface area contributed by atoms with Crippen LogP contribution < -0.4 is 10.2 Å². The maximum absolute atomic E-state index is 9.08. The summed E-state index contributed by atoms with van der Waals surface area (Å²) in [5.41, 5.74) is 2.66. The van der Waals surface area contributed by atoms with Crippen LogP contribution in [0.3, 0.4) is 0 Å². The Labute approximate surface area is 137 Å². The lowest BCUT2D eigenvalue weighted by Gasteiger charge is -2.25. The SMILES string of the molecule is Cc1nc(C#N)c(NCC(c2ccc(N(C)C)cc2)N(C)C)o1. The Balaban J connectivity index is 2.14.